The molecule has 0 nitrogen and oxygen atoms in total. The van der Waals surface area contributed by atoms with Gasteiger partial charge in [0.1, 0.15) is 0 Å². The van der Waals surface area contributed by atoms with Crippen LogP contribution in [-0.2, 0) is 6.42 Å². The number of halogens is 2. The minimum Gasteiger partial charge on any atom is -0.204 e. The van der Waals surface area contributed by atoms with E-state index >= 15 is 0 Å². The molecule has 2 aromatic rings. The van der Waals surface area contributed by atoms with Gasteiger partial charge in [0, 0.05) is 5.56 Å². The zero-order valence-corrected chi connectivity index (χ0v) is 17.0. The van der Waals surface area contributed by atoms with E-state index in [4.69, 9.17) is 0 Å². The minimum atomic E-state index is -0.763. The smallest absolute Gasteiger partial charge is 0.166 e. The molecule has 0 bridgehead atoms. The molecule has 0 amide bonds. The lowest BCUT2D eigenvalue weighted by Crippen LogP contribution is -2.05. The summed E-state index contributed by atoms with van der Waals surface area (Å²) in [4.78, 5) is 0. The first-order valence-corrected chi connectivity index (χ1v) is 10.9. The van der Waals surface area contributed by atoms with E-state index in [0.717, 1.165) is 24.8 Å². The molecule has 3 rings (SSSR count). The van der Waals surface area contributed by atoms with Crippen molar-refractivity contribution in [2.45, 2.75) is 77.0 Å². The van der Waals surface area contributed by atoms with Crippen molar-refractivity contribution in [3.63, 3.8) is 0 Å². The van der Waals surface area contributed by atoms with Gasteiger partial charge in [-0.1, -0.05) is 81.5 Å². The Kier molecular flexibility index (Phi) is 7.82. The van der Waals surface area contributed by atoms with E-state index in [1.807, 2.05) is 0 Å². The van der Waals surface area contributed by atoms with Crippen molar-refractivity contribution in [2.24, 2.45) is 0 Å². The van der Waals surface area contributed by atoms with Crippen molar-refractivity contribution in [3.05, 3.63) is 76.9 Å². The van der Waals surface area contributed by atoms with Crippen molar-refractivity contribution in [1.82, 2.24) is 0 Å². The highest BCUT2D eigenvalue weighted by atomic mass is 19.2. The van der Waals surface area contributed by atoms with Crippen molar-refractivity contribution >= 4 is 5.57 Å². The summed E-state index contributed by atoms with van der Waals surface area (Å²) in [6, 6.07) is 13.5. The van der Waals surface area contributed by atoms with Gasteiger partial charge in [0.05, 0.1) is 0 Å². The molecule has 0 fully saturated rings. The van der Waals surface area contributed by atoms with Crippen LogP contribution in [0.2, 0.25) is 0 Å². The highest BCUT2D eigenvalue weighted by molar-refractivity contribution is 5.67. The first-order chi connectivity index (χ1) is 13.7. The van der Waals surface area contributed by atoms with E-state index < -0.39 is 11.6 Å². The first-order valence-electron chi connectivity index (χ1n) is 10.9. The molecule has 1 atom stereocenters. The SMILES string of the molecule is CCCCCCCCc1ccc(C2CC=C(c3cccc(F)c3F)CC2)cc1. The van der Waals surface area contributed by atoms with Gasteiger partial charge >= 0.3 is 0 Å². The monoisotopic (exact) mass is 382 g/mol. The summed E-state index contributed by atoms with van der Waals surface area (Å²) in [5.41, 5.74) is 4.15. The number of unbranched alkanes of at least 4 members (excludes halogenated alkanes) is 5. The minimum absolute atomic E-state index is 0.424. The summed E-state index contributed by atoms with van der Waals surface area (Å²) in [5.74, 6) is -1.00. The molecule has 0 saturated carbocycles. The topological polar surface area (TPSA) is 0 Å². The second-order valence-corrected chi connectivity index (χ2v) is 8.06. The second-order valence-electron chi connectivity index (χ2n) is 8.06. The molecule has 28 heavy (non-hydrogen) atoms. The fraction of sp³-hybridized carbons (Fsp3) is 0.462. The van der Waals surface area contributed by atoms with Gasteiger partial charge in [-0.15, -0.1) is 0 Å². The van der Waals surface area contributed by atoms with Gasteiger partial charge in [0.25, 0.3) is 0 Å². The van der Waals surface area contributed by atoms with Crippen molar-refractivity contribution in [2.75, 3.05) is 0 Å². The second kappa shape index (κ2) is 10.5. The summed E-state index contributed by atoms with van der Waals surface area (Å²) in [5, 5.41) is 0. The van der Waals surface area contributed by atoms with Crippen molar-refractivity contribution in [1.29, 1.82) is 0 Å². The molecule has 1 aliphatic rings. The van der Waals surface area contributed by atoms with Gasteiger partial charge in [0.15, 0.2) is 11.6 Å². The van der Waals surface area contributed by atoms with Gasteiger partial charge in [-0.3, -0.25) is 0 Å². The number of aryl methyl sites for hydroxylation is 1. The Bertz CT molecular complexity index is 774. The Morgan fingerprint density at radius 3 is 2.36 bits per heavy atom. The molecule has 0 radical (unpaired) electrons. The zero-order chi connectivity index (χ0) is 19.8. The van der Waals surface area contributed by atoms with Gasteiger partial charge in [-0.2, -0.15) is 0 Å². The summed E-state index contributed by atoms with van der Waals surface area (Å²) >= 11 is 0. The molecule has 150 valence electrons. The Labute approximate surface area is 168 Å². The third-order valence-electron chi connectivity index (χ3n) is 5.98. The van der Waals surface area contributed by atoms with Crippen LogP contribution in [0.3, 0.4) is 0 Å². The van der Waals surface area contributed by atoms with Crippen LogP contribution in [0.15, 0.2) is 48.5 Å². The van der Waals surface area contributed by atoms with Crippen LogP contribution in [-0.4, -0.2) is 0 Å². The molecular formula is C26H32F2. The summed E-state index contributed by atoms with van der Waals surface area (Å²) in [6.45, 7) is 2.25. The summed E-state index contributed by atoms with van der Waals surface area (Å²) in [6.07, 6.45) is 13.9. The number of rotatable bonds is 9. The standard InChI is InChI=1S/C26H32F2/c1-2-3-4-5-6-7-9-20-12-14-21(15-13-20)22-16-18-23(19-17-22)24-10-8-11-25(27)26(24)28/h8,10-15,18,22H,2-7,9,16-17,19H2,1H3. The fourth-order valence-corrected chi connectivity index (χ4v) is 4.20. The number of benzene rings is 2. The maximum Gasteiger partial charge on any atom is 0.166 e. The third kappa shape index (κ3) is 5.53. The maximum atomic E-state index is 14.0. The predicted octanol–water partition coefficient (Wildman–Crippen LogP) is 8.22. The average Bonchev–Trinajstić information content (AvgIpc) is 2.73. The Hall–Kier alpha value is -1.96. The molecular weight excluding hydrogens is 350 g/mol. The van der Waals surface area contributed by atoms with Gasteiger partial charge < -0.3 is 0 Å². The Balaban J connectivity index is 1.51. The van der Waals surface area contributed by atoms with E-state index in [9.17, 15) is 8.78 Å². The molecule has 0 spiro atoms. The summed E-state index contributed by atoms with van der Waals surface area (Å²) < 4.78 is 27.5. The molecule has 0 heterocycles. The molecule has 1 unspecified atom stereocenters. The van der Waals surface area contributed by atoms with Gasteiger partial charge in [-0.05, 0) is 60.8 Å². The number of hydrogen-bond donors (Lipinski definition) is 0. The molecule has 0 saturated heterocycles. The Morgan fingerprint density at radius 1 is 0.893 bits per heavy atom. The van der Waals surface area contributed by atoms with Crippen LogP contribution < -0.4 is 0 Å². The van der Waals surface area contributed by atoms with Crippen LogP contribution in [0.5, 0.6) is 0 Å². The van der Waals surface area contributed by atoms with E-state index in [1.165, 1.54) is 62.1 Å². The fourth-order valence-electron chi connectivity index (χ4n) is 4.20. The molecule has 0 aromatic heterocycles. The maximum absolute atomic E-state index is 14.0. The van der Waals surface area contributed by atoms with Crippen LogP contribution in [0, 0.1) is 11.6 Å². The Morgan fingerprint density at radius 2 is 1.64 bits per heavy atom. The van der Waals surface area contributed by atoms with Crippen LogP contribution in [0.4, 0.5) is 8.78 Å². The molecule has 0 aliphatic heterocycles. The predicted molar refractivity (Wildman–Crippen MR) is 114 cm³/mol. The first kappa shape index (κ1) is 20.8. The van der Waals surface area contributed by atoms with Gasteiger partial charge in [0.2, 0.25) is 0 Å². The number of hydrogen-bond acceptors (Lipinski definition) is 0. The van der Waals surface area contributed by atoms with E-state index in [1.54, 1.807) is 12.1 Å². The van der Waals surface area contributed by atoms with Crippen molar-refractivity contribution < 1.29 is 8.78 Å². The highest BCUT2D eigenvalue weighted by Gasteiger charge is 2.19. The molecule has 1 aliphatic carbocycles. The van der Waals surface area contributed by atoms with E-state index in [2.05, 4.69) is 37.3 Å². The van der Waals surface area contributed by atoms with Crippen LogP contribution >= 0.6 is 0 Å². The lowest BCUT2D eigenvalue weighted by atomic mass is 9.82. The average molecular weight is 383 g/mol. The normalized spacial score (nSPS) is 16.8. The van der Waals surface area contributed by atoms with Crippen LogP contribution in [0.25, 0.3) is 5.57 Å². The van der Waals surface area contributed by atoms with Crippen molar-refractivity contribution in [3.8, 4) is 0 Å². The quantitative estimate of drug-likeness (QED) is 0.383. The summed E-state index contributed by atoms with van der Waals surface area (Å²) in [7, 11) is 0. The lowest BCUT2D eigenvalue weighted by molar-refractivity contribution is 0.505. The van der Waals surface area contributed by atoms with Gasteiger partial charge in [-0.25, -0.2) is 8.78 Å². The van der Waals surface area contributed by atoms with E-state index in [0.29, 0.717) is 11.5 Å². The van der Waals surface area contributed by atoms with E-state index in [-0.39, 0.29) is 0 Å². The largest absolute Gasteiger partial charge is 0.204 e. The lowest BCUT2D eigenvalue weighted by Gasteiger charge is -2.23. The number of allylic oxidation sites excluding steroid dienone is 2. The highest BCUT2D eigenvalue weighted by Crippen LogP contribution is 2.37. The zero-order valence-electron chi connectivity index (χ0n) is 17.0. The molecule has 2 heteroatoms. The third-order valence-corrected chi connectivity index (χ3v) is 5.98. The van der Waals surface area contributed by atoms with Crippen LogP contribution in [0.1, 0.15) is 87.3 Å². The molecule has 0 N–H and O–H groups in total. The molecule has 2 aromatic carbocycles.